The molecule has 2 aliphatic rings. The minimum absolute atomic E-state index is 0.209. The van der Waals surface area contributed by atoms with Gasteiger partial charge in [-0.15, -0.1) is 0 Å². The maximum absolute atomic E-state index is 13.6. The number of benzene rings is 3. The van der Waals surface area contributed by atoms with Crippen LogP contribution in [0.2, 0.25) is 0 Å². The Balaban J connectivity index is 1.55. The van der Waals surface area contributed by atoms with Gasteiger partial charge in [-0.05, 0) is 36.4 Å². The van der Waals surface area contributed by atoms with Crippen molar-refractivity contribution in [3.63, 3.8) is 0 Å². The van der Waals surface area contributed by atoms with Gasteiger partial charge >= 0.3 is 5.76 Å². The summed E-state index contributed by atoms with van der Waals surface area (Å²) >= 11 is 0. The van der Waals surface area contributed by atoms with Crippen molar-refractivity contribution in [2.24, 2.45) is 0 Å². The van der Waals surface area contributed by atoms with E-state index in [2.05, 4.69) is 0 Å². The van der Waals surface area contributed by atoms with Crippen molar-refractivity contribution in [3.8, 4) is 22.8 Å². The van der Waals surface area contributed by atoms with Gasteiger partial charge in [-0.1, -0.05) is 42.5 Å². The summed E-state index contributed by atoms with van der Waals surface area (Å²) in [5.74, 6) is -0.782. The zero-order chi connectivity index (χ0) is 22.5. The molecule has 2 heterocycles. The van der Waals surface area contributed by atoms with E-state index in [-0.39, 0.29) is 23.0 Å². The van der Waals surface area contributed by atoms with E-state index in [1.165, 1.54) is 24.3 Å². The molecule has 2 unspecified atom stereocenters. The van der Waals surface area contributed by atoms with Crippen LogP contribution in [0.5, 0.6) is 5.75 Å². The van der Waals surface area contributed by atoms with E-state index in [4.69, 9.17) is 13.9 Å². The van der Waals surface area contributed by atoms with Gasteiger partial charge in [-0.25, -0.2) is 13.8 Å². The van der Waals surface area contributed by atoms with Gasteiger partial charge in [-0.3, -0.25) is 4.79 Å². The fourth-order valence-corrected chi connectivity index (χ4v) is 4.37. The topological polar surface area (TPSA) is 70.7 Å². The highest BCUT2D eigenvalue weighted by Crippen LogP contribution is 2.50. The second-order valence-corrected chi connectivity index (χ2v) is 7.78. The lowest BCUT2D eigenvalue weighted by molar-refractivity contribution is 0.0599. The van der Waals surface area contributed by atoms with Crippen LogP contribution in [0.15, 0.2) is 105 Å². The summed E-state index contributed by atoms with van der Waals surface area (Å²) in [5.41, 5.74) is 1.37. The second-order valence-electron chi connectivity index (χ2n) is 7.78. The molecule has 7 heteroatoms. The molecule has 0 bridgehead atoms. The monoisotopic (exact) mass is 441 g/mol. The number of hydrogen-bond acceptors (Lipinski definition) is 5. The quantitative estimate of drug-likeness (QED) is 0.462. The van der Waals surface area contributed by atoms with E-state index in [1.807, 2.05) is 30.3 Å². The van der Waals surface area contributed by atoms with Gasteiger partial charge in [0.15, 0.2) is 0 Å². The van der Waals surface area contributed by atoms with Crippen molar-refractivity contribution in [2.45, 2.75) is 12.0 Å². The zero-order valence-electron chi connectivity index (χ0n) is 17.1. The fourth-order valence-electron chi connectivity index (χ4n) is 4.37. The summed E-state index contributed by atoms with van der Waals surface area (Å²) < 4.78 is 32.0. The summed E-state index contributed by atoms with van der Waals surface area (Å²) in [6, 6.07) is 21.6. The molecule has 3 aromatic carbocycles. The highest BCUT2D eigenvalue weighted by molar-refractivity contribution is 5.71. The van der Waals surface area contributed by atoms with Crippen LogP contribution in [-0.4, -0.2) is 4.57 Å². The summed E-state index contributed by atoms with van der Waals surface area (Å²) in [5, 5.41) is 0. The maximum atomic E-state index is 13.6. The van der Waals surface area contributed by atoms with E-state index in [0.29, 0.717) is 11.3 Å². The first-order chi connectivity index (χ1) is 16.1. The smallest absolute Gasteiger partial charge is 0.426 e. The van der Waals surface area contributed by atoms with E-state index >= 15 is 0 Å². The lowest BCUT2D eigenvalue weighted by Gasteiger charge is -2.27. The van der Waals surface area contributed by atoms with Crippen LogP contribution in [0.25, 0.3) is 17.0 Å². The SMILES string of the molecule is O=c1oc2c(c(=O)n1-c1ccc(F)cc1)C1C=C(Oc3ccccc3)OC1c1ccccc1-2. The van der Waals surface area contributed by atoms with Crippen LogP contribution >= 0.6 is 0 Å². The van der Waals surface area contributed by atoms with E-state index in [9.17, 15) is 14.0 Å². The highest BCUT2D eigenvalue weighted by Gasteiger charge is 2.43. The fraction of sp³-hybridized carbons (Fsp3) is 0.0769. The Hall–Kier alpha value is -4.39. The third kappa shape index (κ3) is 3.09. The van der Waals surface area contributed by atoms with Gasteiger partial charge in [0.2, 0.25) is 0 Å². The molecule has 1 aliphatic heterocycles. The minimum atomic E-state index is -0.845. The predicted molar refractivity (Wildman–Crippen MR) is 118 cm³/mol. The van der Waals surface area contributed by atoms with Gasteiger partial charge in [0.1, 0.15) is 23.4 Å². The third-order valence-corrected chi connectivity index (χ3v) is 5.83. The molecular weight excluding hydrogens is 425 g/mol. The van der Waals surface area contributed by atoms with Gasteiger partial charge in [0, 0.05) is 17.2 Å². The zero-order valence-corrected chi connectivity index (χ0v) is 17.1. The van der Waals surface area contributed by atoms with Gasteiger partial charge in [0.25, 0.3) is 11.5 Å². The van der Waals surface area contributed by atoms with Crippen LogP contribution < -0.4 is 16.1 Å². The van der Waals surface area contributed by atoms with Crippen molar-refractivity contribution < 1.29 is 18.3 Å². The molecule has 1 aliphatic carbocycles. The molecule has 0 saturated carbocycles. The summed E-state index contributed by atoms with van der Waals surface area (Å²) in [7, 11) is 0. The Morgan fingerprint density at radius 1 is 0.879 bits per heavy atom. The Bertz CT molecular complexity index is 1520. The Kier molecular flexibility index (Phi) is 4.29. The van der Waals surface area contributed by atoms with E-state index in [0.717, 1.165) is 10.1 Å². The Morgan fingerprint density at radius 2 is 1.61 bits per heavy atom. The molecule has 0 amide bonds. The average molecular weight is 441 g/mol. The van der Waals surface area contributed by atoms with Gasteiger partial charge < -0.3 is 13.9 Å². The first-order valence-electron chi connectivity index (χ1n) is 10.4. The van der Waals surface area contributed by atoms with Gasteiger partial charge in [0.05, 0.1) is 17.2 Å². The number of ether oxygens (including phenoxy) is 2. The van der Waals surface area contributed by atoms with Crippen molar-refractivity contribution in [2.75, 3.05) is 0 Å². The van der Waals surface area contributed by atoms with Crippen molar-refractivity contribution in [1.82, 2.24) is 4.57 Å². The average Bonchev–Trinajstić information content (AvgIpc) is 3.24. The molecule has 0 saturated heterocycles. The molecule has 0 spiro atoms. The van der Waals surface area contributed by atoms with Crippen molar-refractivity contribution >= 4 is 0 Å². The van der Waals surface area contributed by atoms with Crippen molar-refractivity contribution in [3.05, 3.63) is 129 Å². The number of fused-ring (bicyclic) bond motifs is 6. The Morgan fingerprint density at radius 3 is 2.39 bits per heavy atom. The number of halogens is 1. The normalized spacial score (nSPS) is 17.9. The molecule has 1 aromatic heterocycles. The molecular formula is C26H16FNO5. The number of aromatic nitrogens is 1. The Labute approximate surface area is 186 Å². The number of rotatable bonds is 3. The lowest BCUT2D eigenvalue weighted by Crippen LogP contribution is -2.36. The second kappa shape index (κ2) is 7.34. The first kappa shape index (κ1) is 19.3. The van der Waals surface area contributed by atoms with Crippen LogP contribution in [0.1, 0.15) is 23.1 Å². The molecule has 6 rings (SSSR count). The first-order valence-corrected chi connectivity index (χ1v) is 10.4. The summed E-state index contributed by atoms with van der Waals surface area (Å²) in [6.45, 7) is 0. The summed E-state index contributed by atoms with van der Waals surface area (Å²) in [6.07, 6.45) is 1.21. The van der Waals surface area contributed by atoms with Crippen LogP contribution in [0, 0.1) is 5.82 Å². The van der Waals surface area contributed by atoms with Crippen molar-refractivity contribution in [1.29, 1.82) is 0 Å². The maximum Gasteiger partial charge on any atom is 0.426 e. The largest absolute Gasteiger partial charge is 0.456 e. The number of hydrogen-bond donors (Lipinski definition) is 0. The van der Waals surface area contributed by atoms with Crippen LogP contribution in [0.4, 0.5) is 4.39 Å². The number of nitrogens with zero attached hydrogens (tertiary/aromatic N) is 1. The van der Waals surface area contributed by atoms with Crippen LogP contribution in [-0.2, 0) is 4.74 Å². The minimum Gasteiger partial charge on any atom is -0.456 e. The summed E-state index contributed by atoms with van der Waals surface area (Å²) in [4.78, 5) is 26.5. The standard InChI is InChI=1S/C26H16FNO5/c27-15-10-12-16(13-11-15)28-25(29)22-20-14-21(31-17-6-2-1-3-7-17)32-23(20)18-8-4-5-9-19(18)24(22)33-26(28)30/h1-14,20,23H. The van der Waals surface area contributed by atoms with E-state index < -0.39 is 29.2 Å². The molecule has 0 radical (unpaired) electrons. The lowest BCUT2D eigenvalue weighted by atomic mass is 9.81. The highest BCUT2D eigenvalue weighted by atomic mass is 19.1. The molecule has 4 aromatic rings. The predicted octanol–water partition coefficient (Wildman–Crippen LogP) is 4.69. The molecule has 6 nitrogen and oxygen atoms in total. The molecule has 2 atom stereocenters. The van der Waals surface area contributed by atoms with Crippen LogP contribution in [0.3, 0.4) is 0 Å². The molecule has 0 fully saturated rings. The molecule has 0 N–H and O–H groups in total. The third-order valence-electron chi connectivity index (χ3n) is 5.83. The van der Waals surface area contributed by atoms with Gasteiger partial charge in [-0.2, -0.15) is 0 Å². The molecule has 162 valence electrons. The molecule has 33 heavy (non-hydrogen) atoms. The number of para-hydroxylation sites is 1. The van der Waals surface area contributed by atoms with E-state index in [1.54, 1.807) is 30.3 Å².